The van der Waals surface area contributed by atoms with E-state index < -0.39 is 24.1 Å². The van der Waals surface area contributed by atoms with Crippen LogP contribution in [-0.4, -0.2) is 59.1 Å². The summed E-state index contributed by atoms with van der Waals surface area (Å²) in [6, 6.07) is 6.03. The molecule has 2 N–H and O–H groups in total. The summed E-state index contributed by atoms with van der Waals surface area (Å²) < 4.78 is 5.26. The predicted octanol–water partition coefficient (Wildman–Crippen LogP) is 1.81. The van der Waals surface area contributed by atoms with Crippen LogP contribution in [0, 0.1) is 5.92 Å². The molecule has 7 nitrogen and oxygen atoms in total. The van der Waals surface area contributed by atoms with Crippen LogP contribution < -0.4 is 5.32 Å². The molecule has 1 saturated heterocycles. The normalized spacial score (nSPS) is 20.5. The third kappa shape index (κ3) is 5.08. The summed E-state index contributed by atoms with van der Waals surface area (Å²) in [5.41, 5.74) is 2.43. The maximum Gasteiger partial charge on any atom is 0.326 e. The lowest BCUT2D eigenvalue weighted by Gasteiger charge is -2.30. The number of carboxylic acids is 1. The third-order valence-electron chi connectivity index (χ3n) is 5.72. The Kier molecular flexibility index (Phi) is 8.05. The molecule has 1 aliphatic carbocycles. The van der Waals surface area contributed by atoms with E-state index in [-0.39, 0.29) is 36.8 Å². The molecule has 2 aliphatic rings. The fourth-order valence-corrected chi connectivity index (χ4v) is 4.33. The van der Waals surface area contributed by atoms with Gasteiger partial charge in [0.05, 0.1) is 12.6 Å². The van der Waals surface area contributed by atoms with Crippen molar-refractivity contribution in [3.63, 3.8) is 0 Å². The summed E-state index contributed by atoms with van der Waals surface area (Å²) in [5.74, 6) is -1.63. The van der Waals surface area contributed by atoms with Crippen molar-refractivity contribution < 1.29 is 24.2 Å². The molecule has 1 aromatic rings. The SMILES string of the molecule is CCOC(=O)C(NC(C)C(=O)N1CCCC1C(=O)O)C1Cc2ccccc2C1.Cl. The Balaban J connectivity index is 0.00000300. The molecule has 0 saturated carbocycles. The molecule has 160 valence electrons. The van der Waals surface area contributed by atoms with E-state index in [4.69, 9.17) is 4.74 Å². The number of rotatable bonds is 7. The number of halogens is 1. The van der Waals surface area contributed by atoms with Crippen LogP contribution >= 0.6 is 12.4 Å². The zero-order valence-corrected chi connectivity index (χ0v) is 17.6. The van der Waals surface area contributed by atoms with Gasteiger partial charge in [-0.05, 0) is 56.6 Å². The van der Waals surface area contributed by atoms with Crippen molar-refractivity contribution in [1.29, 1.82) is 0 Å². The molecule has 0 bridgehead atoms. The Bertz CT molecular complexity index is 731. The van der Waals surface area contributed by atoms with E-state index in [2.05, 4.69) is 17.4 Å². The molecule has 8 heteroatoms. The summed E-state index contributed by atoms with van der Waals surface area (Å²) in [6.07, 6.45) is 2.63. The molecule has 3 rings (SSSR count). The Morgan fingerprint density at radius 2 is 1.86 bits per heavy atom. The van der Waals surface area contributed by atoms with Gasteiger partial charge in [-0.2, -0.15) is 0 Å². The molecule has 0 spiro atoms. The third-order valence-corrected chi connectivity index (χ3v) is 5.72. The van der Waals surface area contributed by atoms with Crippen LogP contribution in [0.25, 0.3) is 0 Å². The highest BCUT2D eigenvalue weighted by Gasteiger charge is 2.39. The highest BCUT2D eigenvalue weighted by molar-refractivity contribution is 5.88. The number of likely N-dealkylation sites (tertiary alicyclic amines) is 1. The molecule has 1 aromatic carbocycles. The van der Waals surface area contributed by atoms with Crippen LogP contribution in [0.4, 0.5) is 0 Å². The van der Waals surface area contributed by atoms with Crippen molar-refractivity contribution in [2.24, 2.45) is 5.92 Å². The lowest BCUT2D eigenvalue weighted by molar-refractivity contribution is -0.151. The predicted molar refractivity (Wildman–Crippen MR) is 110 cm³/mol. The highest BCUT2D eigenvalue weighted by Crippen LogP contribution is 2.29. The van der Waals surface area contributed by atoms with E-state index in [1.54, 1.807) is 13.8 Å². The van der Waals surface area contributed by atoms with Crippen LogP contribution in [0.5, 0.6) is 0 Å². The van der Waals surface area contributed by atoms with Gasteiger partial charge < -0.3 is 14.7 Å². The number of hydrogen-bond donors (Lipinski definition) is 2. The van der Waals surface area contributed by atoms with Gasteiger partial charge in [0, 0.05) is 6.54 Å². The van der Waals surface area contributed by atoms with Gasteiger partial charge in [-0.25, -0.2) is 4.79 Å². The fraction of sp³-hybridized carbons (Fsp3) is 0.571. The zero-order chi connectivity index (χ0) is 20.3. The number of aliphatic carboxylic acids is 1. The van der Waals surface area contributed by atoms with E-state index in [9.17, 15) is 19.5 Å². The standard InChI is InChI=1S/C21H28N2O5.ClH/c1-3-28-21(27)18(16-11-14-7-4-5-8-15(14)12-16)22-13(2)19(24)23-10-6-9-17(23)20(25)26;/h4-5,7-8,13,16-18,22H,3,6,9-12H2,1-2H3,(H,25,26);1H. The van der Waals surface area contributed by atoms with E-state index in [0.717, 1.165) is 12.8 Å². The van der Waals surface area contributed by atoms with E-state index in [1.807, 2.05) is 12.1 Å². The maximum absolute atomic E-state index is 12.9. The number of benzene rings is 1. The Morgan fingerprint density at radius 3 is 2.41 bits per heavy atom. The molecule has 1 amide bonds. The Hall–Kier alpha value is -2.12. The van der Waals surface area contributed by atoms with Crippen LogP contribution in [0.1, 0.15) is 37.8 Å². The average Bonchev–Trinajstić information content (AvgIpc) is 3.32. The molecule has 3 unspecified atom stereocenters. The average molecular weight is 425 g/mol. The first-order valence-electron chi connectivity index (χ1n) is 9.95. The van der Waals surface area contributed by atoms with E-state index in [1.165, 1.54) is 16.0 Å². The molecule has 3 atom stereocenters. The summed E-state index contributed by atoms with van der Waals surface area (Å²) >= 11 is 0. The van der Waals surface area contributed by atoms with Crippen molar-refractivity contribution in [1.82, 2.24) is 10.2 Å². The molecule has 1 fully saturated rings. The number of hydrogen-bond acceptors (Lipinski definition) is 5. The monoisotopic (exact) mass is 424 g/mol. The summed E-state index contributed by atoms with van der Waals surface area (Å²) in [7, 11) is 0. The molecule has 29 heavy (non-hydrogen) atoms. The minimum absolute atomic E-state index is 0. The number of carbonyl (C=O) groups excluding carboxylic acids is 2. The van der Waals surface area contributed by atoms with Crippen LogP contribution in [0.2, 0.25) is 0 Å². The molecular weight excluding hydrogens is 396 g/mol. The minimum Gasteiger partial charge on any atom is -0.480 e. The van der Waals surface area contributed by atoms with Gasteiger partial charge in [0.15, 0.2) is 0 Å². The smallest absolute Gasteiger partial charge is 0.326 e. The van der Waals surface area contributed by atoms with Crippen molar-refractivity contribution >= 4 is 30.3 Å². The largest absolute Gasteiger partial charge is 0.480 e. The Labute approximate surface area is 177 Å². The molecular formula is C21H29ClN2O5. The lowest BCUT2D eigenvalue weighted by atomic mass is 9.95. The zero-order valence-electron chi connectivity index (χ0n) is 16.8. The number of nitrogens with one attached hydrogen (secondary N) is 1. The first-order chi connectivity index (χ1) is 13.4. The van der Waals surface area contributed by atoms with Crippen LogP contribution in [0.3, 0.4) is 0 Å². The van der Waals surface area contributed by atoms with Gasteiger partial charge in [0.25, 0.3) is 0 Å². The number of carboxylic acid groups (broad SMARTS) is 1. The second-order valence-electron chi connectivity index (χ2n) is 7.58. The van der Waals surface area contributed by atoms with E-state index >= 15 is 0 Å². The summed E-state index contributed by atoms with van der Waals surface area (Å²) in [5, 5.41) is 12.5. The molecule has 1 heterocycles. The summed E-state index contributed by atoms with van der Waals surface area (Å²) in [6.45, 7) is 4.15. The number of esters is 1. The number of amides is 1. The quantitative estimate of drug-likeness (QED) is 0.648. The number of carbonyl (C=O) groups is 3. The van der Waals surface area contributed by atoms with Crippen molar-refractivity contribution in [2.45, 2.75) is 57.7 Å². The Morgan fingerprint density at radius 1 is 1.24 bits per heavy atom. The van der Waals surface area contributed by atoms with Crippen molar-refractivity contribution in [3.05, 3.63) is 35.4 Å². The van der Waals surface area contributed by atoms with Gasteiger partial charge in [0.2, 0.25) is 5.91 Å². The number of ether oxygens (including phenoxy) is 1. The van der Waals surface area contributed by atoms with Crippen molar-refractivity contribution in [3.8, 4) is 0 Å². The highest BCUT2D eigenvalue weighted by atomic mass is 35.5. The van der Waals surface area contributed by atoms with Crippen LogP contribution in [-0.2, 0) is 32.0 Å². The molecule has 1 aliphatic heterocycles. The van der Waals surface area contributed by atoms with Crippen molar-refractivity contribution in [2.75, 3.05) is 13.2 Å². The van der Waals surface area contributed by atoms with Gasteiger partial charge in [-0.1, -0.05) is 24.3 Å². The van der Waals surface area contributed by atoms with Gasteiger partial charge >= 0.3 is 11.9 Å². The fourth-order valence-electron chi connectivity index (χ4n) is 4.33. The van der Waals surface area contributed by atoms with Gasteiger partial charge in [-0.3, -0.25) is 14.9 Å². The second kappa shape index (κ2) is 10.1. The van der Waals surface area contributed by atoms with Gasteiger partial charge in [-0.15, -0.1) is 12.4 Å². The minimum atomic E-state index is -0.980. The lowest BCUT2D eigenvalue weighted by Crippen LogP contribution is -2.55. The topological polar surface area (TPSA) is 95.9 Å². The summed E-state index contributed by atoms with van der Waals surface area (Å²) in [4.78, 5) is 38.3. The molecule has 0 aromatic heterocycles. The first kappa shape index (κ1) is 23.2. The maximum atomic E-state index is 12.9. The molecule has 0 radical (unpaired) electrons. The number of nitrogens with zero attached hydrogens (tertiary/aromatic N) is 1. The first-order valence-corrected chi connectivity index (χ1v) is 9.95. The van der Waals surface area contributed by atoms with Crippen LogP contribution in [0.15, 0.2) is 24.3 Å². The number of fused-ring (bicyclic) bond motifs is 1. The van der Waals surface area contributed by atoms with Gasteiger partial charge in [0.1, 0.15) is 12.1 Å². The second-order valence-corrected chi connectivity index (χ2v) is 7.58. The van der Waals surface area contributed by atoms with E-state index in [0.29, 0.717) is 19.4 Å².